The fourth-order valence-corrected chi connectivity index (χ4v) is 4.05. The van der Waals surface area contributed by atoms with E-state index >= 15 is 0 Å². The molecule has 1 aliphatic heterocycles. The number of carbonyl (C=O) groups excluding carboxylic acids is 1. The number of rotatable bonds is 4. The minimum atomic E-state index is -0.894. The molecule has 1 N–H and O–H groups in total. The van der Waals surface area contributed by atoms with Crippen molar-refractivity contribution in [3.8, 4) is 0 Å². The summed E-state index contributed by atoms with van der Waals surface area (Å²) in [6.07, 6.45) is 1.58. The number of para-hydroxylation sites is 1. The number of amides is 1. The number of carboxylic acids is 1. The number of aliphatic carboxylic acids is 1. The van der Waals surface area contributed by atoms with Crippen LogP contribution in [0.25, 0.3) is 10.9 Å². The van der Waals surface area contributed by atoms with E-state index in [4.69, 9.17) is 5.11 Å². The smallest absolute Gasteiger partial charge is 0.305 e. The highest BCUT2D eigenvalue weighted by atomic mass is 32.2. The van der Waals surface area contributed by atoms with E-state index in [1.807, 2.05) is 12.1 Å². The average molecular weight is 346 g/mol. The van der Waals surface area contributed by atoms with Gasteiger partial charge in [0, 0.05) is 35.7 Å². The van der Waals surface area contributed by atoms with Crippen LogP contribution in [0.15, 0.2) is 41.3 Å². The van der Waals surface area contributed by atoms with Gasteiger partial charge >= 0.3 is 5.97 Å². The first kappa shape index (κ1) is 16.6. The molecule has 126 valence electrons. The summed E-state index contributed by atoms with van der Waals surface area (Å²) in [4.78, 5) is 37.3. The summed E-state index contributed by atoms with van der Waals surface area (Å²) in [7, 11) is 0. The summed E-state index contributed by atoms with van der Waals surface area (Å²) in [6, 6.07) is 8.35. The van der Waals surface area contributed by atoms with Crippen LogP contribution in [-0.2, 0) is 16.1 Å². The average Bonchev–Trinajstić information content (AvgIpc) is 2.57. The zero-order valence-electron chi connectivity index (χ0n) is 13.1. The number of hydrogen-bond acceptors (Lipinski definition) is 4. The fraction of sp³-hybridized carbons (Fsp3) is 0.353. The van der Waals surface area contributed by atoms with Crippen molar-refractivity contribution in [2.45, 2.75) is 19.0 Å². The summed E-state index contributed by atoms with van der Waals surface area (Å²) in [5.74, 6) is 0.444. The second-order valence-corrected chi connectivity index (χ2v) is 6.89. The van der Waals surface area contributed by atoms with Crippen molar-refractivity contribution in [2.75, 3.05) is 18.1 Å². The van der Waals surface area contributed by atoms with E-state index in [0.29, 0.717) is 23.2 Å². The molecule has 2 heterocycles. The maximum absolute atomic E-state index is 12.7. The highest BCUT2D eigenvalue weighted by Gasteiger charge is 2.28. The molecule has 6 nitrogen and oxygen atoms in total. The third kappa shape index (κ3) is 3.46. The van der Waals surface area contributed by atoms with Gasteiger partial charge in [-0.1, -0.05) is 12.1 Å². The first-order chi connectivity index (χ1) is 11.6. The van der Waals surface area contributed by atoms with Crippen LogP contribution in [0.5, 0.6) is 0 Å². The number of aromatic nitrogens is 1. The Morgan fingerprint density at radius 2 is 2.04 bits per heavy atom. The van der Waals surface area contributed by atoms with Crippen molar-refractivity contribution in [3.05, 3.63) is 46.8 Å². The van der Waals surface area contributed by atoms with E-state index in [1.165, 1.54) is 6.07 Å². The molecule has 0 saturated carbocycles. The van der Waals surface area contributed by atoms with Gasteiger partial charge in [0.15, 0.2) is 5.43 Å². The lowest BCUT2D eigenvalue weighted by Crippen LogP contribution is -2.48. The summed E-state index contributed by atoms with van der Waals surface area (Å²) in [5, 5.41) is 9.61. The molecule has 0 spiro atoms. The number of benzene rings is 1. The molecule has 0 aliphatic carbocycles. The van der Waals surface area contributed by atoms with Crippen molar-refractivity contribution in [3.63, 3.8) is 0 Å². The molecule has 1 aromatic heterocycles. The van der Waals surface area contributed by atoms with E-state index in [2.05, 4.69) is 0 Å². The van der Waals surface area contributed by atoms with Gasteiger partial charge in [-0.15, -0.1) is 0 Å². The second kappa shape index (κ2) is 7.09. The fourth-order valence-electron chi connectivity index (χ4n) is 2.99. The van der Waals surface area contributed by atoms with Crippen molar-refractivity contribution in [1.29, 1.82) is 0 Å². The third-order valence-electron chi connectivity index (χ3n) is 4.15. The van der Waals surface area contributed by atoms with E-state index in [0.717, 1.165) is 5.75 Å². The van der Waals surface area contributed by atoms with Crippen LogP contribution < -0.4 is 5.43 Å². The zero-order valence-corrected chi connectivity index (χ0v) is 13.9. The van der Waals surface area contributed by atoms with Crippen LogP contribution in [0, 0.1) is 0 Å². The first-order valence-corrected chi connectivity index (χ1v) is 8.89. The van der Waals surface area contributed by atoms with Crippen LogP contribution in [0.4, 0.5) is 0 Å². The Morgan fingerprint density at radius 3 is 2.83 bits per heavy atom. The Kier molecular flexibility index (Phi) is 4.89. The number of nitrogens with zero attached hydrogens (tertiary/aromatic N) is 2. The summed E-state index contributed by atoms with van der Waals surface area (Å²) in [5.41, 5.74) is 0.631. The highest BCUT2D eigenvalue weighted by molar-refractivity contribution is 7.99. The number of hydrogen-bond donors (Lipinski definition) is 1. The first-order valence-electron chi connectivity index (χ1n) is 7.73. The quantitative estimate of drug-likeness (QED) is 0.906. The summed E-state index contributed by atoms with van der Waals surface area (Å²) in [6.45, 7) is 0.654. The monoisotopic (exact) mass is 346 g/mol. The van der Waals surface area contributed by atoms with Crippen molar-refractivity contribution in [2.24, 2.45) is 0 Å². The number of carboxylic acid groups (broad SMARTS) is 1. The van der Waals surface area contributed by atoms with Crippen molar-refractivity contribution < 1.29 is 14.7 Å². The molecule has 1 atom stereocenters. The number of carbonyl (C=O) groups is 2. The SMILES string of the molecule is O=C(O)CC1CSCCN1C(=O)Cn1ccc(=O)c2ccccc21. The van der Waals surface area contributed by atoms with Gasteiger partial charge in [0.05, 0.1) is 18.0 Å². The van der Waals surface area contributed by atoms with Crippen molar-refractivity contribution >= 4 is 34.5 Å². The molecule has 3 rings (SSSR count). The molecule has 1 amide bonds. The molecule has 1 fully saturated rings. The van der Waals surface area contributed by atoms with Crippen LogP contribution in [0.2, 0.25) is 0 Å². The molecular weight excluding hydrogens is 328 g/mol. The molecule has 1 unspecified atom stereocenters. The molecule has 7 heteroatoms. The molecule has 0 bridgehead atoms. The maximum Gasteiger partial charge on any atom is 0.305 e. The van der Waals surface area contributed by atoms with Crippen LogP contribution in [-0.4, -0.2) is 50.5 Å². The molecule has 1 saturated heterocycles. The molecule has 1 aliphatic rings. The maximum atomic E-state index is 12.7. The molecule has 2 aromatic rings. The van der Waals surface area contributed by atoms with E-state index in [-0.39, 0.29) is 30.3 Å². The molecule has 1 aromatic carbocycles. The van der Waals surface area contributed by atoms with E-state index < -0.39 is 5.97 Å². The number of fused-ring (bicyclic) bond motifs is 1. The van der Waals surface area contributed by atoms with Gasteiger partial charge in [-0.2, -0.15) is 11.8 Å². The lowest BCUT2D eigenvalue weighted by molar-refractivity contribution is -0.140. The second-order valence-electron chi connectivity index (χ2n) is 5.74. The van der Waals surface area contributed by atoms with E-state index in [1.54, 1.807) is 39.6 Å². The molecule has 24 heavy (non-hydrogen) atoms. The highest BCUT2D eigenvalue weighted by Crippen LogP contribution is 2.20. The predicted octanol–water partition coefficient (Wildman–Crippen LogP) is 1.42. The van der Waals surface area contributed by atoms with Gasteiger partial charge in [-0.3, -0.25) is 14.4 Å². The van der Waals surface area contributed by atoms with Gasteiger partial charge in [-0.05, 0) is 12.1 Å². The van der Waals surface area contributed by atoms with Gasteiger partial charge in [0.25, 0.3) is 0 Å². The zero-order chi connectivity index (χ0) is 17.1. The number of thioether (sulfide) groups is 1. The predicted molar refractivity (Wildman–Crippen MR) is 93.3 cm³/mol. The Bertz CT molecular complexity index is 833. The topological polar surface area (TPSA) is 79.6 Å². The molecular formula is C17H18N2O4S. The van der Waals surface area contributed by atoms with Crippen LogP contribution in [0.3, 0.4) is 0 Å². The van der Waals surface area contributed by atoms with Gasteiger partial charge in [0.1, 0.15) is 6.54 Å². The Hall–Kier alpha value is -2.28. The minimum absolute atomic E-state index is 0.0380. The lowest BCUT2D eigenvalue weighted by Gasteiger charge is -2.35. The largest absolute Gasteiger partial charge is 0.481 e. The third-order valence-corrected chi connectivity index (χ3v) is 5.24. The minimum Gasteiger partial charge on any atom is -0.481 e. The summed E-state index contributed by atoms with van der Waals surface area (Å²) >= 11 is 1.67. The number of pyridine rings is 1. The molecule has 0 radical (unpaired) electrons. The van der Waals surface area contributed by atoms with Gasteiger partial charge in [0.2, 0.25) is 5.91 Å². The van der Waals surface area contributed by atoms with Crippen LogP contribution >= 0.6 is 11.8 Å². The Labute approximate surface area is 143 Å². The van der Waals surface area contributed by atoms with Gasteiger partial charge < -0.3 is 14.6 Å². The standard InChI is InChI=1S/C17H18N2O4S/c20-15-5-6-18(14-4-2-1-3-13(14)15)10-16(21)19-7-8-24-11-12(19)9-17(22)23/h1-6,12H,7-11H2,(H,22,23). The Balaban J connectivity index is 1.85. The van der Waals surface area contributed by atoms with Gasteiger partial charge in [-0.25, -0.2) is 0 Å². The van der Waals surface area contributed by atoms with Crippen LogP contribution in [0.1, 0.15) is 6.42 Å². The lowest BCUT2D eigenvalue weighted by atomic mass is 10.2. The summed E-state index contributed by atoms with van der Waals surface area (Å²) < 4.78 is 1.75. The van der Waals surface area contributed by atoms with Crippen molar-refractivity contribution in [1.82, 2.24) is 9.47 Å². The van der Waals surface area contributed by atoms with E-state index in [9.17, 15) is 14.4 Å². The Morgan fingerprint density at radius 1 is 1.25 bits per heavy atom. The normalized spacial score (nSPS) is 17.8.